The maximum absolute atomic E-state index is 14.2. The number of rotatable bonds is 30. The molecular formula is C71H78ClN11O16S. The van der Waals surface area contributed by atoms with Gasteiger partial charge in [-0.3, -0.25) is 54.0 Å². The molecule has 0 radical (unpaired) electrons. The van der Waals surface area contributed by atoms with Crippen LogP contribution < -0.4 is 35.0 Å². The van der Waals surface area contributed by atoms with Gasteiger partial charge < -0.3 is 53.8 Å². The molecule has 12 rings (SSSR count). The fourth-order valence-electron chi connectivity index (χ4n) is 13.0. The van der Waals surface area contributed by atoms with Gasteiger partial charge in [0.2, 0.25) is 17.7 Å². The Hall–Kier alpha value is -9.55. The van der Waals surface area contributed by atoms with Crippen LogP contribution in [-0.2, 0) is 49.9 Å². The Morgan fingerprint density at radius 2 is 1.48 bits per heavy atom. The van der Waals surface area contributed by atoms with Gasteiger partial charge in [-0.05, 0) is 122 Å². The Balaban J connectivity index is 0.596. The number of nitro benzene ring substituents is 1. The van der Waals surface area contributed by atoms with Crippen molar-refractivity contribution < 1.29 is 70.5 Å². The standard InChI is InChI=1S/C71H78ClN11O16S/c72-50-9-7-48(8-10-50)54-3-2-6-62(98-45-47-18-25-81(26-19-47)65(85)22-33-95-35-37-97-38-36-96-34-24-73-59-5-1-4-56-66(59)71(89)82(70(56)88)60-15-16-64(84)77-69(60)87)57(54)44-79-27-29-80(30-28-79)51-11-13-55(63(40-51)99-52-39-49-17-23-74-67(49)76-43-52)68(86)78-100(92,93)53-12-14-58(61(41-53)83(90)91)75-42-46-20-31-94-32-21-46/h1-14,17,23,39-41,43,46-47,60,73,75H,15-16,18-22,24-38,42,44-45H2,(H,74,76)(H,78,86)(H,77,84,87). The number of H-pyrrole nitrogens is 1. The molecule has 4 fully saturated rings. The predicted octanol–water partition coefficient (Wildman–Crippen LogP) is 8.43. The molecule has 5 aliphatic rings. The summed E-state index contributed by atoms with van der Waals surface area (Å²) in [6.07, 6.45) is 6.73. The Labute approximate surface area is 582 Å². The van der Waals surface area contributed by atoms with Crippen LogP contribution >= 0.6 is 11.6 Å². The van der Waals surface area contributed by atoms with Gasteiger partial charge in [-0.1, -0.05) is 41.9 Å². The SMILES string of the molecule is O=C1CCC(N2C(=O)c3cccc(NCCOCCOCCOCCC(=O)N4CCC(COc5cccc(-c6ccc(Cl)cc6)c5CN5CCN(c6ccc(C(=O)NS(=O)(=O)c7ccc(NCC8CCOCC8)c([N+](=O)[O-])c7)c(Oc7cnc8[nH]ccc8c7)c6)CC5)CC4)c3C2=O)C(=O)N1. The molecule has 100 heavy (non-hydrogen) atoms. The topological polar surface area (TPSA) is 325 Å². The van der Waals surface area contributed by atoms with Crippen molar-refractivity contribution >= 4 is 90.9 Å². The van der Waals surface area contributed by atoms with Gasteiger partial charge >= 0.3 is 0 Å². The van der Waals surface area contributed by atoms with E-state index < -0.39 is 61.1 Å². The number of pyridine rings is 1. The number of aromatic nitrogens is 2. The highest BCUT2D eigenvalue weighted by Crippen LogP contribution is 2.38. The van der Waals surface area contributed by atoms with Crippen LogP contribution in [0.5, 0.6) is 17.2 Å². The number of nitro groups is 1. The number of benzene rings is 5. The smallest absolute Gasteiger partial charge is 0.293 e. The molecule has 1 atom stereocenters. The first-order valence-corrected chi connectivity index (χ1v) is 35.4. The number of sulfonamides is 1. The number of nitrogens with zero attached hydrogens (tertiary/aromatic N) is 6. The molecule has 5 aliphatic heterocycles. The highest BCUT2D eigenvalue weighted by Gasteiger charge is 2.46. The van der Waals surface area contributed by atoms with E-state index in [0.717, 1.165) is 70.2 Å². The number of carbonyl (C=O) groups excluding carboxylic acids is 6. The first kappa shape index (κ1) is 70.3. The quantitative estimate of drug-likeness (QED) is 0.0122. The first-order valence-electron chi connectivity index (χ1n) is 33.5. The van der Waals surface area contributed by atoms with Crippen LogP contribution in [0.1, 0.15) is 81.6 Å². The number of hydrogen-bond acceptors (Lipinski definition) is 21. The molecule has 6 amide bonds. The molecule has 27 nitrogen and oxygen atoms in total. The van der Waals surface area contributed by atoms with E-state index in [2.05, 4.69) is 46.5 Å². The number of piperazine rings is 1. The van der Waals surface area contributed by atoms with E-state index in [4.69, 9.17) is 40.0 Å². The van der Waals surface area contributed by atoms with Crippen molar-refractivity contribution in [1.29, 1.82) is 0 Å². The van der Waals surface area contributed by atoms with Crippen LogP contribution in [0.2, 0.25) is 5.02 Å². The number of hydrogen-bond donors (Lipinski definition) is 5. The number of likely N-dealkylation sites (tertiary alicyclic amines) is 1. The Morgan fingerprint density at radius 3 is 2.24 bits per heavy atom. The number of nitrogens with one attached hydrogen (secondary N) is 5. The second-order valence-electron chi connectivity index (χ2n) is 25.1. The van der Waals surface area contributed by atoms with Crippen LogP contribution in [0.25, 0.3) is 22.2 Å². The van der Waals surface area contributed by atoms with Crippen molar-refractivity contribution in [2.45, 2.75) is 62.4 Å². The summed E-state index contributed by atoms with van der Waals surface area (Å²) in [6.45, 7) is 8.47. The summed E-state index contributed by atoms with van der Waals surface area (Å²) in [5.41, 5.74) is 4.80. The van der Waals surface area contributed by atoms with Gasteiger partial charge in [0.25, 0.3) is 33.4 Å². The number of anilines is 3. The van der Waals surface area contributed by atoms with E-state index in [1.54, 1.807) is 36.5 Å². The monoisotopic (exact) mass is 1410 g/mol. The zero-order valence-electron chi connectivity index (χ0n) is 55.0. The number of imide groups is 2. The summed E-state index contributed by atoms with van der Waals surface area (Å²) in [5, 5.41) is 22.1. The number of halogens is 1. The van der Waals surface area contributed by atoms with Crippen molar-refractivity contribution in [2.24, 2.45) is 11.8 Å². The summed E-state index contributed by atoms with van der Waals surface area (Å²) in [7, 11) is -4.64. The average Bonchev–Trinajstić information content (AvgIpc) is 1.60. The predicted molar refractivity (Wildman–Crippen MR) is 370 cm³/mol. The highest BCUT2D eigenvalue weighted by atomic mass is 35.5. The van der Waals surface area contributed by atoms with E-state index in [-0.39, 0.29) is 78.3 Å². The van der Waals surface area contributed by atoms with E-state index >= 15 is 0 Å². The lowest BCUT2D eigenvalue weighted by molar-refractivity contribution is -0.384. The number of aromatic amines is 1. The van der Waals surface area contributed by atoms with E-state index in [1.807, 2.05) is 47.4 Å². The van der Waals surface area contributed by atoms with E-state index in [9.17, 15) is 47.3 Å². The van der Waals surface area contributed by atoms with Crippen molar-refractivity contribution in [1.82, 2.24) is 34.7 Å². The second kappa shape index (κ2) is 32.6. The van der Waals surface area contributed by atoms with E-state index in [0.29, 0.717) is 127 Å². The zero-order chi connectivity index (χ0) is 69.7. The van der Waals surface area contributed by atoms with Crippen LogP contribution in [-0.4, -0.2) is 191 Å². The van der Waals surface area contributed by atoms with Crippen molar-refractivity contribution in [3.8, 4) is 28.4 Å². The Kier molecular flexibility index (Phi) is 22.9. The minimum absolute atomic E-state index is 0.0265. The summed E-state index contributed by atoms with van der Waals surface area (Å²) in [4.78, 5) is 104. The third kappa shape index (κ3) is 17.2. The lowest BCUT2D eigenvalue weighted by Gasteiger charge is -2.37. The van der Waals surface area contributed by atoms with Gasteiger partial charge in [-0.15, -0.1) is 0 Å². The van der Waals surface area contributed by atoms with E-state index in [1.165, 1.54) is 30.5 Å². The van der Waals surface area contributed by atoms with Gasteiger partial charge in [0.05, 0.1) is 85.4 Å². The molecule has 7 aromatic rings. The molecular weight excluding hydrogens is 1330 g/mol. The molecule has 2 aromatic heterocycles. The molecule has 0 saturated carbocycles. The maximum atomic E-state index is 14.2. The largest absolute Gasteiger partial charge is 0.493 e. The van der Waals surface area contributed by atoms with Gasteiger partial charge in [0, 0.05) is 124 Å². The number of amides is 6. The van der Waals surface area contributed by atoms with Crippen molar-refractivity contribution in [3.63, 3.8) is 0 Å². The normalized spacial score (nSPS) is 17.1. The molecule has 5 N–H and O–H groups in total. The lowest BCUT2D eigenvalue weighted by Crippen LogP contribution is -2.54. The number of carbonyl (C=O) groups is 6. The third-order valence-corrected chi connectivity index (χ3v) is 20.1. The minimum Gasteiger partial charge on any atom is -0.493 e. The molecule has 0 spiro atoms. The lowest BCUT2D eigenvalue weighted by atomic mass is 9.96. The number of fused-ring (bicyclic) bond motifs is 2. The van der Waals surface area contributed by atoms with Crippen LogP contribution in [0.4, 0.5) is 22.7 Å². The van der Waals surface area contributed by atoms with Gasteiger partial charge in [0.15, 0.2) is 0 Å². The molecule has 4 saturated heterocycles. The van der Waals surface area contributed by atoms with Crippen molar-refractivity contribution in [2.75, 3.05) is 127 Å². The molecule has 0 aliphatic carbocycles. The maximum Gasteiger partial charge on any atom is 0.293 e. The third-order valence-electron chi connectivity index (χ3n) is 18.5. The fraction of sp³-hybridized carbons (Fsp3) is 0.394. The molecule has 29 heteroatoms. The molecule has 5 aromatic carbocycles. The van der Waals surface area contributed by atoms with Crippen molar-refractivity contribution in [3.05, 3.63) is 159 Å². The second-order valence-corrected chi connectivity index (χ2v) is 27.2. The molecule has 7 heterocycles. The Bertz CT molecular complexity index is 4270. The summed E-state index contributed by atoms with van der Waals surface area (Å²) < 4.78 is 65.5. The molecule has 0 bridgehead atoms. The van der Waals surface area contributed by atoms with Crippen LogP contribution in [0, 0.1) is 22.0 Å². The molecule has 526 valence electrons. The number of piperidine rings is 2. The van der Waals surface area contributed by atoms with Crippen LogP contribution in [0.3, 0.4) is 0 Å². The van der Waals surface area contributed by atoms with Gasteiger partial charge in [-0.25, -0.2) is 18.1 Å². The zero-order valence-corrected chi connectivity index (χ0v) is 56.5. The summed E-state index contributed by atoms with van der Waals surface area (Å²) in [5.74, 6) is -1.66. The fourth-order valence-corrected chi connectivity index (χ4v) is 14.1. The summed E-state index contributed by atoms with van der Waals surface area (Å²) >= 11 is 6.37. The minimum atomic E-state index is -4.64. The summed E-state index contributed by atoms with van der Waals surface area (Å²) in [6, 6.07) is 29.6. The Morgan fingerprint density at radius 1 is 0.740 bits per heavy atom. The van der Waals surface area contributed by atoms with Gasteiger partial charge in [-0.2, -0.15) is 0 Å². The first-order chi connectivity index (χ1) is 48.5. The van der Waals surface area contributed by atoms with Gasteiger partial charge in [0.1, 0.15) is 34.6 Å². The molecule has 1 unspecified atom stereocenters. The average molecular weight is 1410 g/mol. The number of ether oxygens (including phenoxy) is 6. The van der Waals surface area contributed by atoms with Crippen LogP contribution in [0.15, 0.2) is 126 Å². The highest BCUT2D eigenvalue weighted by molar-refractivity contribution is 7.90.